The number of carbonyl (C=O) groups is 2. The summed E-state index contributed by atoms with van der Waals surface area (Å²) in [6.45, 7) is 1.48. The van der Waals surface area contributed by atoms with Gasteiger partial charge in [-0.1, -0.05) is 54.2 Å². The molecule has 1 aliphatic rings. The second kappa shape index (κ2) is 9.43. The summed E-state index contributed by atoms with van der Waals surface area (Å²) >= 11 is 1.25. The van der Waals surface area contributed by atoms with Crippen LogP contribution < -0.4 is 5.32 Å². The third kappa shape index (κ3) is 5.19. The molecular weight excluding hydrogens is 415 g/mol. The molecule has 1 saturated carbocycles. The Bertz CT molecular complexity index is 1080. The number of hydrogen-bond acceptors (Lipinski definition) is 5. The standard InChI is InChI=1S/C23H23FN4O2S/c1-15(29)20(13-16-7-3-2-4-8-16)25-21(30)14-31-23-27-26-22(28(23)17-11-12-17)18-9-5-6-10-19(18)24/h2-10,17,20H,11-14H2,1H3,(H,25,30)/t20-/m0/s1. The highest BCUT2D eigenvalue weighted by Crippen LogP contribution is 2.41. The first-order valence-electron chi connectivity index (χ1n) is 10.2. The molecule has 2 aromatic carbocycles. The molecule has 0 aliphatic heterocycles. The van der Waals surface area contributed by atoms with Crippen molar-refractivity contribution in [1.82, 2.24) is 20.1 Å². The molecule has 0 saturated heterocycles. The van der Waals surface area contributed by atoms with Crippen LogP contribution in [-0.4, -0.2) is 38.2 Å². The van der Waals surface area contributed by atoms with Gasteiger partial charge in [-0.3, -0.25) is 14.2 Å². The average molecular weight is 439 g/mol. The molecule has 0 spiro atoms. The molecule has 1 fully saturated rings. The van der Waals surface area contributed by atoms with Gasteiger partial charge < -0.3 is 5.32 Å². The highest BCUT2D eigenvalue weighted by Gasteiger charge is 2.31. The van der Waals surface area contributed by atoms with Crippen LogP contribution in [0.4, 0.5) is 4.39 Å². The molecule has 3 aromatic rings. The van der Waals surface area contributed by atoms with Crippen molar-refractivity contribution in [2.75, 3.05) is 5.75 Å². The minimum atomic E-state index is -0.578. The maximum Gasteiger partial charge on any atom is 0.231 e. The Kier molecular flexibility index (Phi) is 6.46. The lowest BCUT2D eigenvalue weighted by atomic mass is 10.0. The second-order valence-electron chi connectivity index (χ2n) is 7.60. The smallest absolute Gasteiger partial charge is 0.231 e. The predicted octanol–water partition coefficient (Wildman–Crippen LogP) is 3.83. The van der Waals surface area contributed by atoms with E-state index in [9.17, 15) is 14.0 Å². The van der Waals surface area contributed by atoms with Crippen LogP contribution in [0.1, 0.15) is 31.4 Å². The molecule has 6 nitrogen and oxygen atoms in total. The summed E-state index contributed by atoms with van der Waals surface area (Å²) in [5.41, 5.74) is 1.39. The van der Waals surface area contributed by atoms with Crippen molar-refractivity contribution >= 4 is 23.5 Å². The number of benzene rings is 2. The largest absolute Gasteiger partial charge is 0.345 e. The number of Topliss-reactive ketones (excluding diaryl/α,β-unsaturated/α-hetero) is 1. The van der Waals surface area contributed by atoms with Crippen molar-refractivity contribution in [1.29, 1.82) is 0 Å². The average Bonchev–Trinajstić information content (AvgIpc) is 3.52. The summed E-state index contributed by atoms with van der Waals surface area (Å²) in [5, 5.41) is 11.8. The van der Waals surface area contributed by atoms with Crippen LogP contribution in [0.2, 0.25) is 0 Å². The van der Waals surface area contributed by atoms with Crippen molar-refractivity contribution in [2.24, 2.45) is 0 Å². The highest BCUT2D eigenvalue weighted by atomic mass is 32.2. The molecule has 1 heterocycles. The van der Waals surface area contributed by atoms with Crippen molar-refractivity contribution in [3.05, 3.63) is 66.0 Å². The van der Waals surface area contributed by atoms with Gasteiger partial charge in [0.25, 0.3) is 0 Å². The van der Waals surface area contributed by atoms with E-state index in [1.807, 2.05) is 34.9 Å². The van der Waals surface area contributed by atoms with Gasteiger partial charge >= 0.3 is 0 Å². The van der Waals surface area contributed by atoms with Crippen LogP contribution in [0.15, 0.2) is 59.8 Å². The molecule has 0 bridgehead atoms. The summed E-state index contributed by atoms with van der Waals surface area (Å²) in [4.78, 5) is 24.6. The number of halogens is 1. The van der Waals surface area contributed by atoms with E-state index >= 15 is 0 Å². The summed E-state index contributed by atoms with van der Waals surface area (Å²) in [6.07, 6.45) is 2.40. The number of amides is 1. The van der Waals surface area contributed by atoms with Gasteiger partial charge in [0.1, 0.15) is 5.82 Å². The van der Waals surface area contributed by atoms with Gasteiger partial charge in [-0.2, -0.15) is 0 Å². The third-order valence-electron chi connectivity index (χ3n) is 5.13. The number of hydrogen-bond donors (Lipinski definition) is 1. The van der Waals surface area contributed by atoms with E-state index in [1.54, 1.807) is 18.2 Å². The Morgan fingerprint density at radius 2 is 1.84 bits per heavy atom. The van der Waals surface area contributed by atoms with Gasteiger partial charge in [-0.25, -0.2) is 4.39 Å². The number of carbonyl (C=O) groups excluding carboxylic acids is 2. The molecule has 0 radical (unpaired) electrons. The Balaban J connectivity index is 1.43. The quantitative estimate of drug-likeness (QED) is 0.514. The molecule has 8 heteroatoms. The molecule has 1 amide bonds. The van der Waals surface area contributed by atoms with E-state index in [-0.39, 0.29) is 29.3 Å². The van der Waals surface area contributed by atoms with Crippen molar-refractivity contribution in [2.45, 2.75) is 43.4 Å². The third-order valence-corrected chi connectivity index (χ3v) is 6.08. The van der Waals surface area contributed by atoms with E-state index in [0.29, 0.717) is 23.0 Å². The Hall–Kier alpha value is -3.00. The van der Waals surface area contributed by atoms with E-state index in [0.717, 1.165) is 18.4 Å². The summed E-state index contributed by atoms with van der Waals surface area (Å²) in [5.74, 6) is -0.115. The Labute approximate surface area is 184 Å². The minimum absolute atomic E-state index is 0.0924. The number of nitrogens with zero attached hydrogens (tertiary/aromatic N) is 3. The van der Waals surface area contributed by atoms with E-state index in [4.69, 9.17) is 0 Å². The fourth-order valence-electron chi connectivity index (χ4n) is 3.38. The van der Waals surface area contributed by atoms with E-state index in [1.165, 1.54) is 24.8 Å². The summed E-state index contributed by atoms with van der Waals surface area (Å²) in [7, 11) is 0. The fourth-order valence-corrected chi connectivity index (χ4v) is 4.19. The molecule has 1 aromatic heterocycles. The molecule has 0 unspecified atom stereocenters. The highest BCUT2D eigenvalue weighted by molar-refractivity contribution is 7.99. The van der Waals surface area contributed by atoms with Crippen molar-refractivity contribution < 1.29 is 14.0 Å². The first kappa shape index (κ1) is 21.2. The SMILES string of the molecule is CC(=O)[C@H](Cc1ccccc1)NC(=O)CSc1nnc(-c2ccccc2F)n1C1CC1. The number of ketones is 1. The van der Waals surface area contributed by atoms with Gasteiger partial charge in [0.15, 0.2) is 16.8 Å². The summed E-state index contributed by atoms with van der Waals surface area (Å²) < 4.78 is 16.2. The lowest BCUT2D eigenvalue weighted by Gasteiger charge is -2.16. The van der Waals surface area contributed by atoms with Gasteiger partial charge in [0.05, 0.1) is 17.4 Å². The second-order valence-corrected chi connectivity index (χ2v) is 8.54. The molecule has 1 N–H and O–H groups in total. The van der Waals surface area contributed by atoms with Gasteiger partial charge in [-0.15, -0.1) is 10.2 Å². The summed E-state index contributed by atoms with van der Waals surface area (Å²) in [6, 6.07) is 15.7. The number of thioether (sulfide) groups is 1. The molecule has 1 aliphatic carbocycles. The minimum Gasteiger partial charge on any atom is -0.345 e. The molecule has 160 valence electrons. The number of aromatic nitrogens is 3. The van der Waals surface area contributed by atoms with Gasteiger partial charge in [0.2, 0.25) is 5.91 Å². The van der Waals surface area contributed by atoms with Crippen LogP contribution in [0.25, 0.3) is 11.4 Å². The van der Waals surface area contributed by atoms with Crippen LogP contribution >= 0.6 is 11.8 Å². The zero-order valence-corrected chi connectivity index (χ0v) is 17.9. The Morgan fingerprint density at radius 3 is 2.52 bits per heavy atom. The predicted molar refractivity (Wildman–Crippen MR) is 117 cm³/mol. The van der Waals surface area contributed by atoms with E-state index < -0.39 is 6.04 Å². The van der Waals surface area contributed by atoms with Crippen LogP contribution in [0.5, 0.6) is 0 Å². The monoisotopic (exact) mass is 438 g/mol. The van der Waals surface area contributed by atoms with Crippen LogP contribution in [0.3, 0.4) is 0 Å². The first-order chi connectivity index (χ1) is 15.0. The van der Waals surface area contributed by atoms with Crippen molar-refractivity contribution in [3.63, 3.8) is 0 Å². The molecule has 31 heavy (non-hydrogen) atoms. The Morgan fingerprint density at radius 1 is 1.13 bits per heavy atom. The zero-order valence-electron chi connectivity index (χ0n) is 17.1. The number of nitrogens with one attached hydrogen (secondary N) is 1. The number of rotatable bonds is 9. The van der Waals surface area contributed by atoms with Crippen LogP contribution in [0, 0.1) is 5.82 Å². The first-order valence-corrected chi connectivity index (χ1v) is 11.2. The molecular formula is C23H23FN4O2S. The van der Waals surface area contributed by atoms with Gasteiger partial charge in [-0.05, 0) is 43.9 Å². The van der Waals surface area contributed by atoms with E-state index in [2.05, 4.69) is 15.5 Å². The maximum absolute atomic E-state index is 14.3. The van der Waals surface area contributed by atoms with Gasteiger partial charge in [0, 0.05) is 6.04 Å². The lowest BCUT2D eigenvalue weighted by Crippen LogP contribution is -2.42. The molecule has 1 atom stereocenters. The lowest BCUT2D eigenvalue weighted by molar-refractivity contribution is -0.125. The zero-order chi connectivity index (χ0) is 21.8. The van der Waals surface area contributed by atoms with Crippen LogP contribution in [-0.2, 0) is 16.0 Å². The fraction of sp³-hybridized carbons (Fsp3) is 0.304. The topological polar surface area (TPSA) is 76.9 Å². The van der Waals surface area contributed by atoms with Crippen molar-refractivity contribution in [3.8, 4) is 11.4 Å². The molecule has 4 rings (SSSR count). The maximum atomic E-state index is 14.3. The normalized spacial score (nSPS) is 14.3.